The second-order valence-corrected chi connectivity index (χ2v) is 15.1. The summed E-state index contributed by atoms with van der Waals surface area (Å²) >= 11 is 0. The van der Waals surface area contributed by atoms with Gasteiger partial charge in [0.2, 0.25) is 0 Å². The van der Waals surface area contributed by atoms with Crippen LogP contribution >= 0.6 is 0 Å². The number of hydrogen-bond donors (Lipinski definition) is 0. The molecule has 3 saturated heterocycles. The molecule has 0 radical (unpaired) electrons. The zero-order valence-corrected chi connectivity index (χ0v) is 34.1. The largest absolute Gasteiger partial charge is 0.509 e. The van der Waals surface area contributed by atoms with E-state index >= 15 is 0 Å². The Morgan fingerprint density at radius 3 is 1.30 bits per heavy atom. The molecule has 0 aliphatic carbocycles. The molecule has 3 aliphatic heterocycles. The Hall–Kier alpha value is -4.99. The third-order valence-electron chi connectivity index (χ3n) is 10.8. The zero-order valence-electron chi connectivity index (χ0n) is 34.1. The zero-order chi connectivity index (χ0) is 41.6. The van der Waals surface area contributed by atoms with Crippen molar-refractivity contribution < 1.29 is 56.9 Å². The number of rotatable bonds is 20. The van der Waals surface area contributed by atoms with Crippen LogP contribution in [0.15, 0.2) is 152 Å². The molecule has 0 aromatic heterocycles. The van der Waals surface area contributed by atoms with Gasteiger partial charge >= 0.3 is 6.16 Å². The van der Waals surface area contributed by atoms with Gasteiger partial charge in [0, 0.05) is 7.11 Å². The number of carbonyl (C=O) groups excluding carboxylic acids is 1. The standard InChI is InChI=1S/C49H52O12/c1-51-47-45(56-31-38-25-15-6-16-26-38)43(55-30-37-23-13-5-14-24-37)41(53-28-35-19-9-3-10-20-35)40(58-47)33-57-48-46-44(60-49(50)61-46)42(54-29-36-21-11-4-12-22-36)39(59-48)32-52-27-34-17-7-2-8-18-34/h2-26,39-48H,27-33H2,1H3/t39-,40-,41-,42-,43+,44+,45-,46-,47-,48-/m1/s1. The Balaban J connectivity index is 1.04. The van der Waals surface area contributed by atoms with E-state index in [1.165, 1.54) is 0 Å². The van der Waals surface area contributed by atoms with E-state index in [1.54, 1.807) is 7.11 Å². The molecular formula is C49H52O12. The maximum absolute atomic E-state index is 12.8. The second kappa shape index (κ2) is 21.7. The SMILES string of the molecule is CO[C@@H]1O[C@H](CO[C@@H]2O[C@H](COCc3ccccc3)[C@@H](OCc3ccccc3)[C@@H]3OC(=O)O[C@@H]23)[C@@H](OCc2ccccc2)[C@H](OCc2ccccc2)[C@H]1OCc1ccccc1. The average Bonchev–Trinajstić information content (AvgIpc) is 3.71. The fourth-order valence-corrected chi connectivity index (χ4v) is 7.75. The summed E-state index contributed by atoms with van der Waals surface area (Å²) in [6, 6.07) is 49.3. The van der Waals surface area contributed by atoms with Gasteiger partial charge in [0.1, 0.15) is 36.6 Å². The van der Waals surface area contributed by atoms with Crippen LogP contribution < -0.4 is 0 Å². The van der Waals surface area contributed by atoms with Crippen molar-refractivity contribution in [3.8, 4) is 0 Å². The predicted molar refractivity (Wildman–Crippen MR) is 222 cm³/mol. The maximum Gasteiger partial charge on any atom is 0.509 e. The molecule has 5 aromatic carbocycles. The minimum atomic E-state index is -1.08. The molecule has 0 N–H and O–H groups in total. The molecule has 0 amide bonds. The molecule has 0 spiro atoms. The number of ether oxygens (including phenoxy) is 11. The van der Waals surface area contributed by atoms with Crippen molar-refractivity contribution >= 4 is 6.16 Å². The highest BCUT2D eigenvalue weighted by Crippen LogP contribution is 2.36. The van der Waals surface area contributed by atoms with Crippen LogP contribution in [-0.4, -0.2) is 87.9 Å². The smallest absolute Gasteiger partial charge is 0.424 e. The Kier molecular flexibility index (Phi) is 15.2. The Labute approximate surface area is 356 Å². The van der Waals surface area contributed by atoms with Gasteiger partial charge in [-0.2, -0.15) is 0 Å². The molecule has 0 unspecified atom stereocenters. The molecule has 12 nitrogen and oxygen atoms in total. The lowest BCUT2D eigenvalue weighted by Gasteiger charge is -2.46. The first-order chi connectivity index (χ1) is 30.1. The van der Waals surface area contributed by atoms with E-state index in [0.29, 0.717) is 6.61 Å². The van der Waals surface area contributed by atoms with Crippen LogP contribution in [0, 0.1) is 0 Å². The van der Waals surface area contributed by atoms with E-state index in [2.05, 4.69) is 0 Å². The summed E-state index contributed by atoms with van der Waals surface area (Å²) in [5.41, 5.74) is 4.88. The summed E-state index contributed by atoms with van der Waals surface area (Å²) in [4.78, 5) is 12.8. The molecule has 0 saturated carbocycles. The van der Waals surface area contributed by atoms with E-state index in [4.69, 9.17) is 52.1 Å². The molecule has 3 aliphatic rings. The van der Waals surface area contributed by atoms with Crippen LogP contribution in [0.2, 0.25) is 0 Å². The van der Waals surface area contributed by atoms with E-state index in [0.717, 1.165) is 27.8 Å². The van der Waals surface area contributed by atoms with E-state index in [-0.39, 0.29) is 39.6 Å². The van der Waals surface area contributed by atoms with Gasteiger partial charge in [-0.05, 0) is 27.8 Å². The van der Waals surface area contributed by atoms with E-state index < -0.39 is 67.6 Å². The van der Waals surface area contributed by atoms with Crippen molar-refractivity contribution in [1.29, 1.82) is 0 Å². The lowest BCUT2D eigenvalue weighted by molar-refractivity contribution is -0.338. The van der Waals surface area contributed by atoms with Crippen LogP contribution in [0.1, 0.15) is 27.8 Å². The van der Waals surface area contributed by atoms with Crippen LogP contribution in [0.25, 0.3) is 0 Å². The molecule has 3 fully saturated rings. The van der Waals surface area contributed by atoms with Crippen molar-refractivity contribution in [2.24, 2.45) is 0 Å². The first-order valence-electron chi connectivity index (χ1n) is 20.7. The third kappa shape index (κ3) is 11.5. The number of carbonyl (C=O) groups is 1. The molecule has 12 heteroatoms. The minimum absolute atomic E-state index is 0.0610. The quantitative estimate of drug-likeness (QED) is 0.0721. The summed E-state index contributed by atoms with van der Waals surface area (Å²) in [6.45, 7) is 1.49. The minimum Gasteiger partial charge on any atom is -0.424 e. The molecular weight excluding hydrogens is 781 g/mol. The van der Waals surface area contributed by atoms with Crippen LogP contribution in [-0.2, 0) is 85.1 Å². The number of benzene rings is 5. The lowest BCUT2D eigenvalue weighted by atomic mass is 9.97. The van der Waals surface area contributed by atoms with Crippen molar-refractivity contribution in [2.45, 2.75) is 94.4 Å². The van der Waals surface area contributed by atoms with Gasteiger partial charge < -0.3 is 52.1 Å². The summed E-state index contributed by atoms with van der Waals surface area (Å²) < 4.78 is 70.1. The third-order valence-corrected chi connectivity index (χ3v) is 10.8. The summed E-state index contributed by atoms with van der Waals surface area (Å²) in [5, 5.41) is 0. The van der Waals surface area contributed by atoms with Gasteiger partial charge in [0.25, 0.3) is 0 Å². The topological polar surface area (TPSA) is 119 Å². The van der Waals surface area contributed by atoms with Gasteiger partial charge in [-0.1, -0.05) is 152 Å². The van der Waals surface area contributed by atoms with Crippen molar-refractivity contribution in [3.63, 3.8) is 0 Å². The van der Waals surface area contributed by atoms with Crippen molar-refractivity contribution in [2.75, 3.05) is 20.3 Å². The monoisotopic (exact) mass is 832 g/mol. The van der Waals surface area contributed by atoms with Crippen LogP contribution in [0.3, 0.4) is 0 Å². The maximum atomic E-state index is 12.8. The highest BCUT2D eigenvalue weighted by Gasteiger charge is 2.56. The second-order valence-electron chi connectivity index (χ2n) is 15.1. The molecule has 5 aromatic rings. The van der Waals surface area contributed by atoms with E-state index in [9.17, 15) is 4.79 Å². The molecule has 8 rings (SSSR count). The van der Waals surface area contributed by atoms with Gasteiger partial charge in [0.05, 0.1) is 46.2 Å². The molecule has 10 atom stereocenters. The number of methoxy groups -OCH3 is 1. The number of fused-ring (bicyclic) bond motifs is 1. The van der Waals surface area contributed by atoms with Gasteiger partial charge in [0.15, 0.2) is 24.8 Å². The Bertz CT molecular complexity index is 2030. The van der Waals surface area contributed by atoms with E-state index in [1.807, 2.05) is 152 Å². The first-order valence-corrected chi connectivity index (χ1v) is 20.7. The highest BCUT2D eigenvalue weighted by molar-refractivity contribution is 5.63. The molecule has 320 valence electrons. The summed E-state index contributed by atoms with van der Waals surface area (Å²) in [7, 11) is 1.57. The predicted octanol–water partition coefficient (Wildman–Crippen LogP) is 7.56. The average molecular weight is 833 g/mol. The normalized spacial score (nSPS) is 27.2. The van der Waals surface area contributed by atoms with Gasteiger partial charge in [-0.25, -0.2) is 4.79 Å². The molecule has 3 heterocycles. The summed E-state index contributed by atoms with van der Waals surface area (Å²) in [5.74, 6) is 0. The molecule has 0 bridgehead atoms. The lowest BCUT2D eigenvalue weighted by Crippen LogP contribution is -2.63. The number of hydrogen-bond acceptors (Lipinski definition) is 12. The van der Waals surface area contributed by atoms with Crippen molar-refractivity contribution in [3.05, 3.63) is 179 Å². The fraction of sp³-hybridized carbons (Fsp3) is 0.367. The Morgan fingerprint density at radius 1 is 0.410 bits per heavy atom. The van der Waals surface area contributed by atoms with Crippen LogP contribution in [0.4, 0.5) is 4.79 Å². The first kappa shape index (κ1) is 42.7. The molecule has 61 heavy (non-hydrogen) atoms. The highest BCUT2D eigenvalue weighted by atomic mass is 16.8. The Morgan fingerprint density at radius 2 is 0.803 bits per heavy atom. The van der Waals surface area contributed by atoms with Crippen molar-refractivity contribution in [1.82, 2.24) is 0 Å². The van der Waals surface area contributed by atoms with Gasteiger partial charge in [-0.15, -0.1) is 0 Å². The summed E-state index contributed by atoms with van der Waals surface area (Å²) in [6.07, 6.45) is -8.84. The fourth-order valence-electron chi connectivity index (χ4n) is 7.75. The van der Waals surface area contributed by atoms with Gasteiger partial charge in [-0.3, -0.25) is 0 Å². The van der Waals surface area contributed by atoms with Crippen LogP contribution in [0.5, 0.6) is 0 Å².